The van der Waals surface area contributed by atoms with Crippen LogP contribution in [-0.2, 0) is 6.54 Å². The van der Waals surface area contributed by atoms with Crippen LogP contribution in [0.1, 0.15) is 18.4 Å². The highest BCUT2D eigenvalue weighted by atomic mass is 35.5. The molecule has 5 rings (SSSR count). The fourth-order valence-electron chi connectivity index (χ4n) is 3.62. The number of nitrogens with two attached hydrogens (primary N) is 1. The lowest BCUT2D eigenvalue weighted by Crippen LogP contribution is -2.43. The van der Waals surface area contributed by atoms with E-state index in [1.807, 2.05) is 12.1 Å². The van der Waals surface area contributed by atoms with Gasteiger partial charge in [0.15, 0.2) is 5.65 Å². The molecule has 1 aromatic carbocycles. The molecule has 0 spiro atoms. The van der Waals surface area contributed by atoms with Gasteiger partial charge in [0.2, 0.25) is 5.65 Å². The third-order valence-corrected chi connectivity index (χ3v) is 5.00. The van der Waals surface area contributed by atoms with Crippen molar-refractivity contribution < 1.29 is 0 Å². The minimum Gasteiger partial charge on any atom is -0.354 e. The van der Waals surface area contributed by atoms with Crippen molar-refractivity contribution >= 4 is 52.8 Å². The van der Waals surface area contributed by atoms with Crippen molar-refractivity contribution in [1.82, 2.24) is 29.9 Å². The Morgan fingerprint density at radius 3 is 2.90 bits per heavy atom. The average molecular weight is 433 g/mol. The van der Waals surface area contributed by atoms with E-state index >= 15 is 0 Å². The number of anilines is 1. The summed E-state index contributed by atoms with van der Waals surface area (Å²) in [5.74, 6) is 0.837. The monoisotopic (exact) mass is 432 g/mol. The summed E-state index contributed by atoms with van der Waals surface area (Å²) in [6.07, 6.45) is 5.70. The molecule has 29 heavy (non-hydrogen) atoms. The first-order valence-electron chi connectivity index (χ1n) is 9.17. The van der Waals surface area contributed by atoms with Gasteiger partial charge in [-0.05, 0) is 36.6 Å². The topological polar surface area (TPSA) is 98.6 Å². The number of nitrogens with zero attached hydrogens (tertiary/aromatic N) is 7. The van der Waals surface area contributed by atoms with Gasteiger partial charge >= 0.3 is 0 Å². The zero-order valence-corrected chi connectivity index (χ0v) is 17.3. The van der Waals surface area contributed by atoms with Gasteiger partial charge < -0.3 is 10.6 Å². The van der Waals surface area contributed by atoms with Crippen LogP contribution in [0.4, 0.5) is 5.82 Å². The summed E-state index contributed by atoms with van der Waals surface area (Å²) >= 11 is 0. The minimum absolute atomic E-state index is 0. The highest BCUT2D eigenvalue weighted by Gasteiger charge is 2.19. The van der Waals surface area contributed by atoms with E-state index in [0.717, 1.165) is 48.2 Å². The van der Waals surface area contributed by atoms with Gasteiger partial charge in [-0.25, -0.2) is 14.6 Å². The predicted molar refractivity (Wildman–Crippen MR) is 118 cm³/mol. The van der Waals surface area contributed by atoms with Crippen LogP contribution in [0.15, 0.2) is 42.7 Å². The summed E-state index contributed by atoms with van der Waals surface area (Å²) in [4.78, 5) is 15.8. The summed E-state index contributed by atoms with van der Waals surface area (Å²) in [5, 5.41) is 9.52. The maximum absolute atomic E-state index is 6.11. The molecule has 1 aliphatic rings. The van der Waals surface area contributed by atoms with E-state index < -0.39 is 0 Å². The minimum atomic E-state index is 0. The standard InChI is InChI=1S/C19H20N8.2ClH/c20-15-4-2-8-26(12-15)17-10-22-18-19(23-17)27(25-24-18)11-13-5-6-16-14(9-13)3-1-7-21-16;;/h1,3,5-7,9-10,15H,2,4,8,11-12,20H2;2*1H/t15-;;/m0../s1. The van der Waals surface area contributed by atoms with Gasteiger partial charge in [0.25, 0.3) is 0 Å². The van der Waals surface area contributed by atoms with Crippen molar-refractivity contribution in [2.45, 2.75) is 25.4 Å². The van der Waals surface area contributed by atoms with Crippen LogP contribution in [0.2, 0.25) is 0 Å². The lowest BCUT2D eigenvalue weighted by molar-refractivity contribution is 0.503. The van der Waals surface area contributed by atoms with E-state index in [2.05, 4.69) is 43.4 Å². The molecule has 0 saturated carbocycles. The zero-order valence-electron chi connectivity index (χ0n) is 15.7. The molecule has 0 unspecified atom stereocenters. The van der Waals surface area contributed by atoms with Crippen LogP contribution in [0.25, 0.3) is 22.2 Å². The Kier molecular flexibility index (Phi) is 6.46. The Morgan fingerprint density at radius 2 is 2.03 bits per heavy atom. The second-order valence-electron chi connectivity index (χ2n) is 7.00. The maximum Gasteiger partial charge on any atom is 0.221 e. The summed E-state index contributed by atoms with van der Waals surface area (Å²) < 4.78 is 1.80. The van der Waals surface area contributed by atoms with Gasteiger partial charge in [0, 0.05) is 30.7 Å². The molecule has 1 fully saturated rings. The second kappa shape index (κ2) is 8.86. The molecule has 1 atom stereocenters. The quantitative estimate of drug-likeness (QED) is 0.530. The van der Waals surface area contributed by atoms with E-state index in [-0.39, 0.29) is 30.9 Å². The number of piperidine rings is 1. The second-order valence-corrected chi connectivity index (χ2v) is 7.00. The molecule has 0 bridgehead atoms. The molecular weight excluding hydrogens is 411 g/mol. The Bertz CT molecular complexity index is 1120. The number of rotatable bonds is 3. The molecule has 0 radical (unpaired) electrons. The molecule has 3 aromatic heterocycles. The number of hydrogen-bond donors (Lipinski definition) is 1. The fourth-order valence-corrected chi connectivity index (χ4v) is 3.62. The third-order valence-electron chi connectivity index (χ3n) is 5.00. The molecule has 152 valence electrons. The van der Waals surface area contributed by atoms with Crippen molar-refractivity contribution in [3.63, 3.8) is 0 Å². The third kappa shape index (κ3) is 4.24. The molecule has 8 nitrogen and oxygen atoms in total. The van der Waals surface area contributed by atoms with Gasteiger partial charge in [-0.1, -0.05) is 17.3 Å². The largest absolute Gasteiger partial charge is 0.354 e. The molecular formula is C19H22Cl2N8. The molecule has 1 saturated heterocycles. The van der Waals surface area contributed by atoms with Gasteiger partial charge in [-0.2, -0.15) is 0 Å². The molecule has 2 N–H and O–H groups in total. The average Bonchev–Trinajstić information content (AvgIpc) is 3.10. The van der Waals surface area contributed by atoms with Crippen LogP contribution in [-0.4, -0.2) is 49.1 Å². The highest BCUT2D eigenvalue weighted by Crippen LogP contribution is 2.20. The van der Waals surface area contributed by atoms with Crippen molar-refractivity contribution in [2.75, 3.05) is 18.0 Å². The molecule has 0 aliphatic carbocycles. The first kappa shape index (κ1) is 21.2. The molecule has 10 heteroatoms. The number of pyridine rings is 1. The van der Waals surface area contributed by atoms with Crippen molar-refractivity contribution in [3.8, 4) is 0 Å². The van der Waals surface area contributed by atoms with E-state index in [9.17, 15) is 0 Å². The van der Waals surface area contributed by atoms with E-state index in [0.29, 0.717) is 17.8 Å². The SMILES string of the molecule is Cl.Cl.N[C@H]1CCCN(c2cnc3nnn(Cc4ccc5ncccc5c4)c3n2)C1. The lowest BCUT2D eigenvalue weighted by Gasteiger charge is -2.31. The number of benzene rings is 1. The van der Waals surface area contributed by atoms with E-state index in [4.69, 9.17) is 10.7 Å². The lowest BCUT2D eigenvalue weighted by atomic mass is 10.1. The van der Waals surface area contributed by atoms with Crippen LogP contribution in [0.3, 0.4) is 0 Å². The highest BCUT2D eigenvalue weighted by molar-refractivity contribution is 5.85. The van der Waals surface area contributed by atoms with Crippen molar-refractivity contribution in [1.29, 1.82) is 0 Å². The Balaban J connectivity index is 0.00000120. The number of fused-ring (bicyclic) bond motifs is 2. The predicted octanol–water partition coefficient (Wildman–Crippen LogP) is 2.59. The van der Waals surface area contributed by atoms with Gasteiger partial charge in [0.1, 0.15) is 5.82 Å². The first-order valence-corrected chi connectivity index (χ1v) is 9.17. The number of hydrogen-bond acceptors (Lipinski definition) is 7. The Hall–Kier alpha value is -2.55. The Labute approximate surface area is 180 Å². The smallest absolute Gasteiger partial charge is 0.221 e. The molecule has 4 aromatic rings. The summed E-state index contributed by atoms with van der Waals surface area (Å²) in [6, 6.07) is 10.4. The normalized spacial score (nSPS) is 16.4. The van der Waals surface area contributed by atoms with Gasteiger partial charge in [-0.3, -0.25) is 4.98 Å². The summed E-state index contributed by atoms with van der Waals surface area (Å²) in [6.45, 7) is 2.34. The van der Waals surface area contributed by atoms with Gasteiger partial charge in [-0.15, -0.1) is 29.9 Å². The molecule has 1 aliphatic heterocycles. The number of halogens is 2. The molecule has 4 heterocycles. The van der Waals surface area contributed by atoms with Crippen molar-refractivity contribution in [2.24, 2.45) is 5.73 Å². The van der Waals surface area contributed by atoms with Crippen LogP contribution in [0.5, 0.6) is 0 Å². The van der Waals surface area contributed by atoms with Crippen molar-refractivity contribution in [3.05, 3.63) is 48.3 Å². The maximum atomic E-state index is 6.11. The fraction of sp³-hybridized carbons (Fsp3) is 0.316. The summed E-state index contributed by atoms with van der Waals surface area (Å²) in [5.41, 5.74) is 9.46. The first-order chi connectivity index (χ1) is 13.3. The van der Waals surface area contributed by atoms with E-state index in [1.54, 1.807) is 17.1 Å². The van der Waals surface area contributed by atoms with E-state index in [1.165, 1.54) is 0 Å². The number of aromatic nitrogens is 6. The van der Waals surface area contributed by atoms with Crippen LogP contribution >= 0.6 is 24.8 Å². The van der Waals surface area contributed by atoms with Crippen LogP contribution in [0, 0.1) is 0 Å². The van der Waals surface area contributed by atoms with Crippen LogP contribution < -0.4 is 10.6 Å². The van der Waals surface area contributed by atoms with Gasteiger partial charge in [0.05, 0.1) is 18.3 Å². The molecule has 0 amide bonds. The Morgan fingerprint density at radius 1 is 1.14 bits per heavy atom. The summed E-state index contributed by atoms with van der Waals surface area (Å²) in [7, 11) is 0. The zero-order chi connectivity index (χ0) is 18.2.